The monoisotopic (exact) mass is 262 g/mol. The molecule has 0 aliphatic rings. The lowest BCUT2D eigenvalue weighted by molar-refractivity contribution is 0.237. The maximum absolute atomic E-state index is 11.3. The molecule has 0 aliphatic heterocycles. The number of rotatable bonds is 7. The van der Waals surface area contributed by atoms with Crippen molar-refractivity contribution in [1.29, 1.82) is 0 Å². The lowest BCUT2D eigenvalue weighted by atomic mass is 10.0. The molecule has 0 heterocycles. The van der Waals surface area contributed by atoms with Crippen molar-refractivity contribution >= 4 is 6.03 Å². The van der Waals surface area contributed by atoms with Gasteiger partial charge in [0.2, 0.25) is 0 Å². The molecule has 2 N–H and O–H groups in total. The van der Waals surface area contributed by atoms with E-state index in [1.165, 1.54) is 5.56 Å². The SMILES string of the molecule is C=CCNC(=O)NCCOc1ccccc1C(C)C. The highest BCUT2D eigenvalue weighted by molar-refractivity contribution is 5.73. The summed E-state index contributed by atoms with van der Waals surface area (Å²) in [4.78, 5) is 11.3. The van der Waals surface area contributed by atoms with Gasteiger partial charge < -0.3 is 15.4 Å². The van der Waals surface area contributed by atoms with Gasteiger partial charge in [0, 0.05) is 6.54 Å². The first-order chi connectivity index (χ1) is 9.15. The molecule has 0 aliphatic carbocycles. The summed E-state index contributed by atoms with van der Waals surface area (Å²) in [5.41, 5.74) is 1.18. The van der Waals surface area contributed by atoms with Crippen molar-refractivity contribution < 1.29 is 9.53 Å². The third-order valence-electron chi connectivity index (χ3n) is 2.59. The number of urea groups is 1. The Morgan fingerprint density at radius 1 is 1.37 bits per heavy atom. The van der Waals surface area contributed by atoms with Crippen LogP contribution in [0.1, 0.15) is 25.3 Å². The van der Waals surface area contributed by atoms with Crippen molar-refractivity contribution in [2.75, 3.05) is 19.7 Å². The van der Waals surface area contributed by atoms with Crippen molar-refractivity contribution in [3.63, 3.8) is 0 Å². The maximum atomic E-state index is 11.3. The predicted octanol–water partition coefficient (Wildman–Crippen LogP) is 2.67. The Hall–Kier alpha value is -1.97. The van der Waals surface area contributed by atoms with E-state index < -0.39 is 0 Å². The first-order valence-electron chi connectivity index (χ1n) is 6.49. The van der Waals surface area contributed by atoms with Crippen LogP contribution in [0.4, 0.5) is 4.79 Å². The number of ether oxygens (including phenoxy) is 1. The van der Waals surface area contributed by atoms with Gasteiger partial charge in [0.05, 0.1) is 6.54 Å². The molecule has 0 atom stereocenters. The zero-order valence-electron chi connectivity index (χ0n) is 11.6. The number of amides is 2. The van der Waals surface area contributed by atoms with Crippen LogP contribution in [0, 0.1) is 0 Å². The molecule has 1 rings (SSSR count). The zero-order valence-corrected chi connectivity index (χ0v) is 11.6. The molecule has 0 aromatic heterocycles. The van der Waals surface area contributed by atoms with E-state index in [1.807, 2.05) is 18.2 Å². The highest BCUT2D eigenvalue weighted by atomic mass is 16.5. The van der Waals surface area contributed by atoms with Gasteiger partial charge in [0.15, 0.2) is 0 Å². The standard InChI is InChI=1S/C15H22N2O2/c1-4-9-16-15(18)17-10-11-19-14-8-6-5-7-13(14)12(2)3/h4-8,12H,1,9-11H2,2-3H3,(H2,16,17,18). The van der Waals surface area contributed by atoms with E-state index in [2.05, 4.69) is 37.1 Å². The molecule has 19 heavy (non-hydrogen) atoms. The minimum atomic E-state index is -0.208. The first-order valence-corrected chi connectivity index (χ1v) is 6.49. The average molecular weight is 262 g/mol. The number of nitrogens with one attached hydrogen (secondary N) is 2. The molecule has 2 amide bonds. The summed E-state index contributed by atoms with van der Waals surface area (Å²) in [5.74, 6) is 1.30. The van der Waals surface area contributed by atoms with Gasteiger partial charge in [-0.1, -0.05) is 38.1 Å². The van der Waals surface area contributed by atoms with E-state index in [4.69, 9.17) is 4.74 Å². The summed E-state index contributed by atoms with van der Waals surface area (Å²) in [5, 5.41) is 5.35. The lowest BCUT2D eigenvalue weighted by Gasteiger charge is -2.14. The fourth-order valence-corrected chi connectivity index (χ4v) is 1.64. The van der Waals surface area contributed by atoms with E-state index in [1.54, 1.807) is 6.08 Å². The Balaban J connectivity index is 2.33. The minimum Gasteiger partial charge on any atom is -0.491 e. The predicted molar refractivity (Wildman–Crippen MR) is 77.6 cm³/mol. The van der Waals surface area contributed by atoms with E-state index in [9.17, 15) is 4.79 Å². The Kier molecular flexibility index (Phi) is 6.50. The van der Waals surface area contributed by atoms with Crippen LogP contribution in [0.3, 0.4) is 0 Å². The van der Waals surface area contributed by atoms with Crippen LogP contribution in [0.2, 0.25) is 0 Å². The van der Waals surface area contributed by atoms with E-state index >= 15 is 0 Å². The number of hydrogen-bond donors (Lipinski definition) is 2. The van der Waals surface area contributed by atoms with Crippen LogP contribution in [0.25, 0.3) is 0 Å². The molecule has 1 aromatic rings. The normalized spacial score (nSPS) is 10.1. The third kappa shape index (κ3) is 5.46. The Morgan fingerprint density at radius 3 is 2.79 bits per heavy atom. The van der Waals surface area contributed by atoms with Crippen molar-refractivity contribution in [2.45, 2.75) is 19.8 Å². The van der Waals surface area contributed by atoms with Crippen molar-refractivity contribution in [2.24, 2.45) is 0 Å². The summed E-state index contributed by atoms with van der Waals surface area (Å²) < 4.78 is 5.69. The molecule has 1 aromatic carbocycles. The maximum Gasteiger partial charge on any atom is 0.315 e. The number of hydrogen-bond acceptors (Lipinski definition) is 2. The number of benzene rings is 1. The number of carbonyl (C=O) groups excluding carboxylic acids is 1. The highest BCUT2D eigenvalue weighted by Gasteiger charge is 2.06. The average Bonchev–Trinajstić information content (AvgIpc) is 2.41. The zero-order chi connectivity index (χ0) is 14.1. The number of carbonyl (C=O) groups is 1. The summed E-state index contributed by atoms with van der Waals surface area (Å²) in [6, 6.07) is 7.76. The molecule has 4 nitrogen and oxygen atoms in total. The van der Waals surface area contributed by atoms with Crippen LogP contribution in [-0.4, -0.2) is 25.7 Å². The van der Waals surface area contributed by atoms with Crippen LogP contribution < -0.4 is 15.4 Å². The van der Waals surface area contributed by atoms with Crippen LogP contribution in [0.15, 0.2) is 36.9 Å². The quantitative estimate of drug-likeness (QED) is 0.586. The second-order valence-electron chi connectivity index (χ2n) is 4.47. The van der Waals surface area contributed by atoms with Gasteiger partial charge in [-0.25, -0.2) is 4.79 Å². The molecule has 0 bridgehead atoms. The van der Waals surface area contributed by atoms with Crippen LogP contribution in [0.5, 0.6) is 5.75 Å². The van der Waals surface area contributed by atoms with Gasteiger partial charge in [-0.3, -0.25) is 0 Å². The molecule has 104 valence electrons. The minimum absolute atomic E-state index is 0.208. The largest absolute Gasteiger partial charge is 0.491 e. The van der Waals surface area contributed by atoms with Crippen LogP contribution in [-0.2, 0) is 0 Å². The van der Waals surface area contributed by atoms with Gasteiger partial charge >= 0.3 is 6.03 Å². The van der Waals surface area contributed by atoms with E-state index in [0.29, 0.717) is 25.6 Å². The molecule has 0 saturated heterocycles. The molecular formula is C15H22N2O2. The topological polar surface area (TPSA) is 50.4 Å². The molecule has 0 saturated carbocycles. The lowest BCUT2D eigenvalue weighted by Crippen LogP contribution is -2.37. The molecule has 0 unspecified atom stereocenters. The van der Waals surface area contributed by atoms with Gasteiger partial charge in [0.25, 0.3) is 0 Å². The Morgan fingerprint density at radius 2 is 2.11 bits per heavy atom. The summed E-state index contributed by atoms with van der Waals surface area (Å²) in [7, 11) is 0. The van der Waals surface area contributed by atoms with Gasteiger partial charge in [0.1, 0.15) is 12.4 Å². The Labute approximate surface area is 114 Å². The summed E-state index contributed by atoms with van der Waals surface area (Å²) in [6.45, 7) is 9.16. The van der Waals surface area contributed by atoms with Gasteiger partial charge in [-0.05, 0) is 17.5 Å². The second-order valence-corrected chi connectivity index (χ2v) is 4.47. The molecule has 0 radical (unpaired) electrons. The van der Waals surface area contributed by atoms with Crippen LogP contribution >= 0.6 is 0 Å². The van der Waals surface area contributed by atoms with E-state index in [-0.39, 0.29) is 6.03 Å². The fourth-order valence-electron chi connectivity index (χ4n) is 1.64. The summed E-state index contributed by atoms with van der Waals surface area (Å²) in [6.07, 6.45) is 1.63. The second kappa shape index (κ2) is 8.19. The van der Waals surface area contributed by atoms with Crippen molar-refractivity contribution in [1.82, 2.24) is 10.6 Å². The van der Waals surface area contributed by atoms with E-state index in [0.717, 1.165) is 5.75 Å². The third-order valence-corrected chi connectivity index (χ3v) is 2.59. The van der Waals surface area contributed by atoms with Gasteiger partial charge in [-0.2, -0.15) is 0 Å². The molecule has 4 heteroatoms. The Bertz CT molecular complexity index is 416. The molecule has 0 fully saturated rings. The fraction of sp³-hybridized carbons (Fsp3) is 0.400. The summed E-state index contributed by atoms with van der Waals surface area (Å²) >= 11 is 0. The molecular weight excluding hydrogens is 240 g/mol. The van der Waals surface area contributed by atoms with Crippen molar-refractivity contribution in [3.05, 3.63) is 42.5 Å². The molecule has 0 spiro atoms. The number of para-hydroxylation sites is 1. The highest BCUT2D eigenvalue weighted by Crippen LogP contribution is 2.25. The smallest absolute Gasteiger partial charge is 0.315 e. The van der Waals surface area contributed by atoms with Gasteiger partial charge in [-0.15, -0.1) is 6.58 Å². The van der Waals surface area contributed by atoms with Crippen molar-refractivity contribution in [3.8, 4) is 5.75 Å². The first kappa shape index (κ1) is 15.1.